The number of halogens is 3. The SMILES string of the molecule is Cc1ccc(-c2cc(C(F)F)c3c(C)nn(Cc4cccc(Cl)c4)c3n2)cc1. The van der Waals surface area contributed by atoms with Crippen LogP contribution in [0, 0.1) is 13.8 Å². The van der Waals surface area contributed by atoms with Crippen LogP contribution in [0.25, 0.3) is 22.3 Å². The van der Waals surface area contributed by atoms with Crippen molar-refractivity contribution < 1.29 is 8.78 Å². The van der Waals surface area contributed by atoms with Crippen LogP contribution in [0.2, 0.25) is 5.02 Å². The fraction of sp³-hybridized carbons (Fsp3) is 0.182. The zero-order valence-electron chi connectivity index (χ0n) is 15.5. The quantitative estimate of drug-likeness (QED) is 0.401. The van der Waals surface area contributed by atoms with Crippen LogP contribution in [0.4, 0.5) is 8.78 Å². The van der Waals surface area contributed by atoms with E-state index in [9.17, 15) is 8.78 Å². The van der Waals surface area contributed by atoms with E-state index in [0.29, 0.717) is 34.0 Å². The lowest BCUT2D eigenvalue weighted by Gasteiger charge is -2.09. The fourth-order valence-electron chi connectivity index (χ4n) is 3.35. The average Bonchev–Trinajstić information content (AvgIpc) is 2.97. The number of hydrogen-bond donors (Lipinski definition) is 0. The molecule has 0 radical (unpaired) electrons. The first kappa shape index (κ1) is 18.6. The van der Waals surface area contributed by atoms with Gasteiger partial charge in [0, 0.05) is 16.1 Å². The summed E-state index contributed by atoms with van der Waals surface area (Å²) in [5.74, 6) is 0. The molecule has 0 bridgehead atoms. The smallest absolute Gasteiger partial charge is 0.243 e. The molecule has 0 unspecified atom stereocenters. The first-order chi connectivity index (χ1) is 13.4. The van der Waals surface area contributed by atoms with Crippen LogP contribution < -0.4 is 0 Å². The van der Waals surface area contributed by atoms with Gasteiger partial charge in [0.15, 0.2) is 5.65 Å². The van der Waals surface area contributed by atoms with E-state index in [1.165, 1.54) is 6.07 Å². The third-order valence-electron chi connectivity index (χ3n) is 4.71. The molecule has 142 valence electrons. The predicted molar refractivity (Wildman–Crippen MR) is 108 cm³/mol. The number of fused-ring (bicyclic) bond motifs is 1. The van der Waals surface area contributed by atoms with Crippen molar-refractivity contribution in [3.05, 3.63) is 82.0 Å². The highest BCUT2D eigenvalue weighted by Crippen LogP contribution is 2.33. The number of aryl methyl sites for hydroxylation is 2. The Kier molecular flexibility index (Phi) is 4.85. The molecule has 2 aromatic heterocycles. The number of benzene rings is 2. The van der Waals surface area contributed by atoms with Crippen LogP contribution in [-0.2, 0) is 6.54 Å². The number of hydrogen-bond acceptors (Lipinski definition) is 2. The van der Waals surface area contributed by atoms with Gasteiger partial charge in [0.2, 0.25) is 0 Å². The summed E-state index contributed by atoms with van der Waals surface area (Å²) in [7, 11) is 0. The van der Waals surface area contributed by atoms with Gasteiger partial charge >= 0.3 is 0 Å². The minimum Gasteiger partial charge on any atom is -0.243 e. The van der Waals surface area contributed by atoms with Crippen LogP contribution in [0.15, 0.2) is 54.6 Å². The zero-order valence-corrected chi connectivity index (χ0v) is 16.2. The van der Waals surface area contributed by atoms with E-state index >= 15 is 0 Å². The second-order valence-electron chi connectivity index (χ2n) is 6.84. The summed E-state index contributed by atoms with van der Waals surface area (Å²) in [6, 6.07) is 16.5. The van der Waals surface area contributed by atoms with Gasteiger partial charge in [-0.1, -0.05) is 53.6 Å². The van der Waals surface area contributed by atoms with Crippen molar-refractivity contribution >= 4 is 22.6 Å². The molecule has 6 heteroatoms. The van der Waals surface area contributed by atoms with Crippen LogP contribution >= 0.6 is 11.6 Å². The molecule has 28 heavy (non-hydrogen) atoms. The molecule has 0 atom stereocenters. The molecule has 0 saturated heterocycles. The van der Waals surface area contributed by atoms with Crippen molar-refractivity contribution in [3.8, 4) is 11.3 Å². The van der Waals surface area contributed by atoms with E-state index < -0.39 is 6.43 Å². The molecule has 4 aromatic rings. The average molecular weight is 398 g/mol. The summed E-state index contributed by atoms with van der Waals surface area (Å²) in [6.45, 7) is 4.11. The van der Waals surface area contributed by atoms with Crippen molar-refractivity contribution in [1.82, 2.24) is 14.8 Å². The normalized spacial score (nSPS) is 11.5. The van der Waals surface area contributed by atoms with Gasteiger partial charge in [-0.2, -0.15) is 5.10 Å². The lowest BCUT2D eigenvalue weighted by Crippen LogP contribution is -2.04. The summed E-state index contributed by atoms with van der Waals surface area (Å²) >= 11 is 6.07. The van der Waals surface area contributed by atoms with Crippen molar-refractivity contribution in [3.63, 3.8) is 0 Å². The Bertz CT molecular complexity index is 1150. The molecule has 0 aliphatic rings. The van der Waals surface area contributed by atoms with Crippen LogP contribution in [-0.4, -0.2) is 14.8 Å². The van der Waals surface area contributed by atoms with Gasteiger partial charge in [-0.15, -0.1) is 0 Å². The third-order valence-corrected chi connectivity index (χ3v) is 4.95. The maximum atomic E-state index is 13.8. The highest BCUT2D eigenvalue weighted by atomic mass is 35.5. The van der Waals surface area contributed by atoms with Crippen LogP contribution in [0.1, 0.15) is 28.8 Å². The Morgan fingerprint density at radius 2 is 1.79 bits per heavy atom. The number of rotatable bonds is 4. The standard InChI is InChI=1S/C22H18ClF2N3/c1-13-6-8-16(9-7-13)19-11-18(21(24)25)20-14(2)27-28(22(20)26-19)12-15-4-3-5-17(23)10-15/h3-11,21H,12H2,1-2H3. The van der Waals surface area contributed by atoms with Gasteiger partial charge in [-0.05, 0) is 37.6 Å². The van der Waals surface area contributed by atoms with Gasteiger partial charge in [0.05, 0.1) is 23.3 Å². The largest absolute Gasteiger partial charge is 0.264 e. The topological polar surface area (TPSA) is 30.7 Å². The second kappa shape index (κ2) is 7.32. The lowest BCUT2D eigenvalue weighted by atomic mass is 10.0. The first-order valence-electron chi connectivity index (χ1n) is 8.90. The lowest BCUT2D eigenvalue weighted by molar-refractivity contribution is 0.153. The second-order valence-corrected chi connectivity index (χ2v) is 7.27. The zero-order chi connectivity index (χ0) is 19.8. The molecular weight excluding hydrogens is 380 g/mol. The highest BCUT2D eigenvalue weighted by Gasteiger charge is 2.21. The molecule has 2 aromatic carbocycles. The van der Waals surface area contributed by atoms with Gasteiger partial charge < -0.3 is 0 Å². The number of alkyl halides is 2. The minimum absolute atomic E-state index is 0.0459. The molecule has 0 aliphatic carbocycles. The maximum absolute atomic E-state index is 13.8. The molecule has 3 nitrogen and oxygen atoms in total. The Morgan fingerprint density at radius 3 is 2.46 bits per heavy atom. The summed E-state index contributed by atoms with van der Waals surface area (Å²) < 4.78 is 29.4. The van der Waals surface area contributed by atoms with Gasteiger partial charge in [-0.3, -0.25) is 0 Å². The molecule has 2 heterocycles. The van der Waals surface area contributed by atoms with E-state index in [0.717, 1.165) is 16.7 Å². The fourth-order valence-corrected chi connectivity index (χ4v) is 3.56. The molecule has 0 fully saturated rings. The van der Waals surface area contributed by atoms with Crippen molar-refractivity contribution in [2.75, 3.05) is 0 Å². The predicted octanol–water partition coefficient (Wildman–Crippen LogP) is 6.35. The number of pyridine rings is 1. The Hall–Kier alpha value is -2.79. The Morgan fingerprint density at radius 1 is 1.04 bits per heavy atom. The van der Waals surface area contributed by atoms with E-state index in [1.807, 2.05) is 49.4 Å². The molecule has 0 N–H and O–H groups in total. The minimum atomic E-state index is -2.61. The molecule has 4 rings (SSSR count). The Labute approximate surface area is 166 Å². The first-order valence-corrected chi connectivity index (χ1v) is 9.28. The monoisotopic (exact) mass is 397 g/mol. The molecular formula is C22H18ClF2N3. The molecule has 0 amide bonds. The summed E-state index contributed by atoms with van der Waals surface area (Å²) in [5.41, 5.74) is 4.27. The van der Waals surface area contributed by atoms with Crippen LogP contribution in [0.5, 0.6) is 0 Å². The maximum Gasteiger partial charge on any atom is 0.264 e. The number of aromatic nitrogens is 3. The highest BCUT2D eigenvalue weighted by molar-refractivity contribution is 6.30. The van der Waals surface area contributed by atoms with Crippen molar-refractivity contribution in [2.45, 2.75) is 26.8 Å². The van der Waals surface area contributed by atoms with E-state index in [-0.39, 0.29) is 5.56 Å². The van der Waals surface area contributed by atoms with Gasteiger partial charge in [0.25, 0.3) is 6.43 Å². The van der Waals surface area contributed by atoms with E-state index in [2.05, 4.69) is 5.10 Å². The van der Waals surface area contributed by atoms with E-state index in [1.54, 1.807) is 17.7 Å². The van der Waals surface area contributed by atoms with Crippen LogP contribution in [0.3, 0.4) is 0 Å². The summed E-state index contributed by atoms with van der Waals surface area (Å²) in [5, 5.41) is 5.51. The molecule has 0 aliphatic heterocycles. The van der Waals surface area contributed by atoms with Gasteiger partial charge in [-0.25, -0.2) is 18.4 Å². The van der Waals surface area contributed by atoms with Crippen molar-refractivity contribution in [1.29, 1.82) is 0 Å². The van der Waals surface area contributed by atoms with E-state index in [4.69, 9.17) is 16.6 Å². The summed E-state index contributed by atoms with van der Waals surface area (Å²) in [4.78, 5) is 4.69. The third kappa shape index (κ3) is 3.50. The Balaban J connectivity index is 1.90. The number of nitrogens with zero attached hydrogens (tertiary/aromatic N) is 3. The molecule has 0 spiro atoms. The summed E-state index contributed by atoms with van der Waals surface area (Å²) in [6.07, 6.45) is -2.61. The van der Waals surface area contributed by atoms with Gasteiger partial charge in [0.1, 0.15) is 0 Å². The van der Waals surface area contributed by atoms with Crippen molar-refractivity contribution in [2.24, 2.45) is 0 Å². The molecule has 0 saturated carbocycles.